The zero-order valence-electron chi connectivity index (χ0n) is 12.3. The van der Waals surface area contributed by atoms with E-state index in [1.165, 1.54) is 13.0 Å². The Balaban J connectivity index is 1.69. The smallest absolute Gasteiger partial charge is 0.129 e. The standard InChI is InChI=1S/C16H24N2OS/c1-12-10-13(12)11-18(2)8-5-9-19-15-7-4-3-6-14(15)16(17)20/h3-4,6-7,12-13H,5,8-11H2,1-2H3,(H2,17,20). The molecule has 1 aromatic rings. The summed E-state index contributed by atoms with van der Waals surface area (Å²) in [5.41, 5.74) is 6.51. The summed E-state index contributed by atoms with van der Waals surface area (Å²) in [6.45, 7) is 5.31. The number of rotatable bonds is 8. The Kier molecular flexibility index (Phi) is 5.38. The van der Waals surface area contributed by atoms with Crippen LogP contribution < -0.4 is 10.5 Å². The van der Waals surface area contributed by atoms with E-state index in [1.54, 1.807) is 0 Å². The van der Waals surface area contributed by atoms with Crippen molar-refractivity contribution in [2.24, 2.45) is 17.6 Å². The largest absolute Gasteiger partial charge is 0.493 e. The Labute approximate surface area is 127 Å². The van der Waals surface area contributed by atoms with Gasteiger partial charge in [-0.1, -0.05) is 31.3 Å². The number of hydrogen-bond acceptors (Lipinski definition) is 3. The van der Waals surface area contributed by atoms with E-state index in [4.69, 9.17) is 22.7 Å². The number of benzene rings is 1. The summed E-state index contributed by atoms with van der Waals surface area (Å²) in [6.07, 6.45) is 2.41. The first-order chi connectivity index (χ1) is 9.58. The van der Waals surface area contributed by atoms with Crippen LogP contribution in [0.2, 0.25) is 0 Å². The summed E-state index contributed by atoms with van der Waals surface area (Å²) >= 11 is 5.02. The van der Waals surface area contributed by atoms with Gasteiger partial charge < -0.3 is 15.4 Å². The number of thiocarbonyl (C=S) groups is 1. The van der Waals surface area contributed by atoms with Gasteiger partial charge in [-0.15, -0.1) is 0 Å². The van der Waals surface area contributed by atoms with E-state index in [2.05, 4.69) is 18.9 Å². The van der Waals surface area contributed by atoms with Crippen LogP contribution in [0.1, 0.15) is 25.3 Å². The van der Waals surface area contributed by atoms with Gasteiger partial charge in [-0.2, -0.15) is 0 Å². The second-order valence-corrected chi connectivity index (χ2v) is 6.24. The van der Waals surface area contributed by atoms with Crippen LogP contribution in [0.15, 0.2) is 24.3 Å². The van der Waals surface area contributed by atoms with Crippen LogP contribution in [0.25, 0.3) is 0 Å². The lowest BCUT2D eigenvalue weighted by atomic mass is 10.2. The van der Waals surface area contributed by atoms with E-state index >= 15 is 0 Å². The summed E-state index contributed by atoms with van der Waals surface area (Å²) in [6, 6.07) is 7.69. The molecular formula is C16H24N2OS. The fourth-order valence-corrected chi connectivity index (χ4v) is 2.63. The molecule has 2 N–H and O–H groups in total. The Morgan fingerprint density at radius 2 is 2.15 bits per heavy atom. The second-order valence-electron chi connectivity index (χ2n) is 5.80. The summed E-state index contributed by atoms with van der Waals surface area (Å²) in [5.74, 6) is 2.63. The van der Waals surface area contributed by atoms with Gasteiger partial charge in [-0.05, 0) is 43.9 Å². The number of nitrogens with two attached hydrogens (primary N) is 1. The van der Waals surface area contributed by atoms with Crippen molar-refractivity contribution in [1.29, 1.82) is 0 Å². The van der Waals surface area contributed by atoms with Gasteiger partial charge in [-0.25, -0.2) is 0 Å². The third-order valence-electron chi connectivity index (χ3n) is 3.92. The zero-order valence-corrected chi connectivity index (χ0v) is 13.2. The van der Waals surface area contributed by atoms with Crippen LogP contribution >= 0.6 is 12.2 Å². The molecule has 2 unspecified atom stereocenters. The maximum absolute atomic E-state index is 5.80. The molecule has 0 spiro atoms. The van der Waals surface area contributed by atoms with Crippen LogP contribution in [0.3, 0.4) is 0 Å². The zero-order chi connectivity index (χ0) is 14.5. The molecule has 0 saturated heterocycles. The van der Waals surface area contributed by atoms with Crippen molar-refractivity contribution in [1.82, 2.24) is 4.90 Å². The van der Waals surface area contributed by atoms with Gasteiger partial charge in [0.15, 0.2) is 0 Å². The van der Waals surface area contributed by atoms with Crippen LogP contribution in [0.5, 0.6) is 5.75 Å². The van der Waals surface area contributed by atoms with Gasteiger partial charge in [0.1, 0.15) is 10.7 Å². The molecular weight excluding hydrogens is 268 g/mol. The predicted molar refractivity (Wildman–Crippen MR) is 87.2 cm³/mol. The Morgan fingerprint density at radius 1 is 1.45 bits per heavy atom. The van der Waals surface area contributed by atoms with Crippen LogP contribution in [-0.4, -0.2) is 36.6 Å². The molecule has 4 heteroatoms. The molecule has 110 valence electrons. The average molecular weight is 292 g/mol. The molecule has 0 radical (unpaired) electrons. The average Bonchev–Trinajstić information content (AvgIpc) is 3.10. The number of hydrogen-bond donors (Lipinski definition) is 1. The summed E-state index contributed by atoms with van der Waals surface area (Å²) in [4.78, 5) is 2.79. The maximum Gasteiger partial charge on any atom is 0.129 e. The lowest BCUT2D eigenvalue weighted by Crippen LogP contribution is -2.24. The number of ether oxygens (including phenoxy) is 1. The molecule has 1 aromatic carbocycles. The molecule has 3 nitrogen and oxygen atoms in total. The van der Waals surface area contributed by atoms with Gasteiger partial charge in [-0.3, -0.25) is 0 Å². The lowest BCUT2D eigenvalue weighted by Gasteiger charge is -2.17. The molecule has 0 aromatic heterocycles. The fraction of sp³-hybridized carbons (Fsp3) is 0.562. The lowest BCUT2D eigenvalue weighted by molar-refractivity contribution is 0.255. The first-order valence-corrected chi connectivity index (χ1v) is 7.69. The molecule has 0 aliphatic heterocycles. The van der Waals surface area contributed by atoms with Gasteiger partial charge in [0.2, 0.25) is 0 Å². The van der Waals surface area contributed by atoms with E-state index < -0.39 is 0 Å². The summed E-state index contributed by atoms with van der Waals surface area (Å²) in [7, 11) is 2.19. The summed E-state index contributed by atoms with van der Waals surface area (Å²) in [5, 5.41) is 0. The molecule has 2 rings (SSSR count). The van der Waals surface area contributed by atoms with Crippen molar-refractivity contribution in [3.63, 3.8) is 0 Å². The van der Waals surface area contributed by atoms with Crippen LogP contribution in [-0.2, 0) is 0 Å². The fourth-order valence-electron chi connectivity index (χ4n) is 2.46. The number of para-hydroxylation sites is 1. The Bertz CT molecular complexity index is 464. The van der Waals surface area contributed by atoms with Crippen molar-refractivity contribution in [3.8, 4) is 5.75 Å². The van der Waals surface area contributed by atoms with E-state index in [-0.39, 0.29) is 0 Å². The van der Waals surface area contributed by atoms with E-state index in [0.717, 1.165) is 36.1 Å². The Hall–Kier alpha value is -1.13. The quantitative estimate of drug-likeness (QED) is 0.590. The molecule has 0 bridgehead atoms. The maximum atomic E-state index is 5.80. The van der Waals surface area contributed by atoms with E-state index in [0.29, 0.717) is 11.6 Å². The Morgan fingerprint density at radius 3 is 2.80 bits per heavy atom. The van der Waals surface area contributed by atoms with Crippen molar-refractivity contribution < 1.29 is 4.74 Å². The monoisotopic (exact) mass is 292 g/mol. The summed E-state index contributed by atoms with van der Waals surface area (Å²) < 4.78 is 5.80. The molecule has 2 atom stereocenters. The molecule has 1 fully saturated rings. The molecule has 1 saturated carbocycles. The highest BCUT2D eigenvalue weighted by atomic mass is 32.1. The van der Waals surface area contributed by atoms with Crippen molar-refractivity contribution in [2.45, 2.75) is 19.8 Å². The predicted octanol–water partition coefficient (Wildman–Crippen LogP) is 2.68. The molecule has 20 heavy (non-hydrogen) atoms. The van der Waals surface area contributed by atoms with E-state index in [9.17, 15) is 0 Å². The first-order valence-electron chi connectivity index (χ1n) is 7.28. The minimum absolute atomic E-state index is 0.389. The molecule has 0 amide bonds. The highest BCUT2D eigenvalue weighted by Gasteiger charge is 2.32. The highest BCUT2D eigenvalue weighted by molar-refractivity contribution is 7.80. The van der Waals surface area contributed by atoms with Crippen molar-refractivity contribution in [2.75, 3.05) is 26.7 Å². The van der Waals surface area contributed by atoms with Gasteiger partial charge in [0.25, 0.3) is 0 Å². The third kappa shape index (κ3) is 4.46. The van der Waals surface area contributed by atoms with Crippen LogP contribution in [0.4, 0.5) is 0 Å². The van der Waals surface area contributed by atoms with Crippen molar-refractivity contribution >= 4 is 17.2 Å². The third-order valence-corrected chi connectivity index (χ3v) is 4.14. The normalized spacial score (nSPS) is 20.9. The van der Waals surface area contributed by atoms with Crippen molar-refractivity contribution in [3.05, 3.63) is 29.8 Å². The topological polar surface area (TPSA) is 38.5 Å². The SMILES string of the molecule is CC1CC1CN(C)CCCOc1ccccc1C(N)=S. The minimum Gasteiger partial charge on any atom is -0.493 e. The molecule has 0 heterocycles. The molecule has 1 aliphatic carbocycles. The first kappa shape index (κ1) is 15.3. The van der Waals surface area contributed by atoms with Gasteiger partial charge in [0, 0.05) is 13.1 Å². The van der Waals surface area contributed by atoms with Crippen LogP contribution in [0, 0.1) is 11.8 Å². The molecule has 1 aliphatic rings. The van der Waals surface area contributed by atoms with Gasteiger partial charge >= 0.3 is 0 Å². The second kappa shape index (κ2) is 7.04. The van der Waals surface area contributed by atoms with E-state index in [1.807, 2.05) is 24.3 Å². The highest BCUT2D eigenvalue weighted by Crippen LogP contribution is 2.37. The number of nitrogens with zero attached hydrogens (tertiary/aromatic N) is 1. The van der Waals surface area contributed by atoms with Gasteiger partial charge in [0.05, 0.1) is 12.2 Å². The minimum atomic E-state index is 0.389.